The molecule has 1 aliphatic heterocycles. The van der Waals surface area contributed by atoms with Crippen LogP contribution in [0.4, 0.5) is 17.3 Å². The van der Waals surface area contributed by atoms with E-state index < -0.39 is 5.91 Å². The van der Waals surface area contributed by atoms with Gasteiger partial charge in [-0.3, -0.25) is 14.3 Å². The van der Waals surface area contributed by atoms with Crippen molar-refractivity contribution in [2.24, 2.45) is 24.1 Å². The van der Waals surface area contributed by atoms with Gasteiger partial charge in [0, 0.05) is 44.1 Å². The van der Waals surface area contributed by atoms with E-state index in [1.165, 1.54) is 24.1 Å². The number of fused-ring (bicyclic) bond motifs is 1. The van der Waals surface area contributed by atoms with E-state index in [4.69, 9.17) is 10.7 Å². The molecule has 6 rings (SSSR count). The van der Waals surface area contributed by atoms with Crippen molar-refractivity contribution in [1.29, 1.82) is 0 Å². The molecule has 11 nitrogen and oxygen atoms in total. The Kier molecular flexibility index (Phi) is 6.54. The minimum atomic E-state index is -0.651. The Morgan fingerprint density at radius 2 is 1.98 bits per heavy atom. The maximum Gasteiger partial charge on any atom is 0.271 e. The van der Waals surface area contributed by atoms with Gasteiger partial charge in [-0.25, -0.2) is 9.97 Å². The molecule has 3 aromatic rings. The summed E-state index contributed by atoms with van der Waals surface area (Å²) in [4.78, 5) is 36.8. The highest BCUT2D eigenvalue weighted by atomic mass is 16.2. The molecule has 2 aliphatic carbocycles. The Bertz CT molecular complexity index is 1450. The quantitative estimate of drug-likeness (QED) is 0.396. The van der Waals surface area contributed by atoms with Crippen LogP contribution in [0, 0.1) is 11.3 Å². The summed E-state index contributed by atoms with van der Waals surface area (Å²) in [7, 11) is 1.99. The molecule has 2 amide bonds. The second-order valence-electron chi connectivity index (χ2n) is 12.5. The molecule has 1 saturated carbocycles. The van der Waals surface area contributed by atoms with Gasteiger partial charge in [-0.1, -0.05) is 13.8 Å². The van der Waals surface area contributed by atoms with Crippen LogP contribution in [-0.2, 0) is 26.4 Å². The molecular formula is C29H39N9O2. The summed E-state index contributed by atoms with van der Waals surface area (Å²) in [5.74, 6) is 0.927. The first-order valence-corrected chi connectivity index (χ1v) is 14.3. The molecule has 0 bridgehead atoms. The van der Waals surface area contributed by atoms with Crippen LogP contribution >= 0.6 is 0 Å². The molecular weight excluding hydrogens is 506 g/mol. The molecule has 212 valence electrons. The van der Waals surface area contributed by atoms with Crippen molar-refractivity contribution >= 4 is 29.1 Å². The topological polar surface area (TPSA) is 136 Å². The largest absolute Gasteiger partial charge is 0.364 e. The number of primary amides is 1. The van der Waals surface area contributed by atoms with Crippen LogP contribution in [0.3, 0.4) is 0 Å². The van der Waals surface area contributed by atoms with Crippen molar-refractivity contribution in [2.75, 3.05) is 16.8 Å². The number of nitrogens with two attached hydrogens (primary N) is 1. The van der Waals surface area contributed by atoms with E-state index in [1.807, 2.05) is 17.9 Å². The molecule has 11 heteroatoms. The van der Waals surface area contributed by atoms with Crippen molar-refractivity contribution < 1.29 is 9.59 Å². The SMILES string of the molecule is C[C@@H]1[C@H](NC(=O)c2cc3c(n2C)CC(C)(C)C3)CCCN1c1cnc(C(N)=O)c(Nc2cnn(CC3CC3)c2)n1. The zero-order valence-electron chi connectivity index (χ0n) is 23.8. The third-order valence-corrected chi connectivity index (χ3v) is 8.63. The maximum atomic E-state index is 13.4. The highest BCUT2D eigenvalue weighted by Gasteiger charge is 2.35. The third-order valence-electron chi connectivity index (χ3n) is 8.63. The normalized spacial score (nSPS) is 21.8. The lowest BCUT2D eigenvalue weighted by Gasteiger charge is -2.40. The van der Waals surface area contributed by atoms with E-state index in [2.05, 4.69) is 57.0 Å². The molecule has 2 fully saturated rings. The summed E-state index contributed by atoms with van der Waals surface area (Å²) in [5, 5.41) is 10.9. The van der Waals surface area contributed by atoms with Gasteiger partial charge in [0.1, 0.15) is 11.5 Å². The molecule has 0 spiro atoms. The number of hydrogen-bond acceptors (Lipinski definition) is 7. The maximum absolute atomic E-state index is 13.4. The zero-order valence-corrected chi connectivity index (χ0v) is 23.8. The Labute approximate surface area is 234 Å². The van der Waals surface area contributed by atoms with E-state index in [0.717, 1.165) is 44.5 Å². The van der Waals surface area contributed by atoms with Gasteiger partial charge in [-0.15, -0.1) is 0 Å². The lowest BCUT2D eigenvalue weighted by molar-refractivity contribution is 0.0914. The van der Waals surface area contributed by atoms with Gasteiger partial charge in [-0.05, 0) is 68.4 Å². The van der Waals surface area contributed by atoms with E-state index >= 15 is 0 Å². The minimum Gasteiger partial charge on any atom is -0.364 e. The fourth-order valence-corrected chi connectivity index (χ4v) is 6.26. The highest BCUT2D eigenvalue weighted by Crippen LogP contribution is 2.37. The Morgan fingerprint density at radius 1 is 1.18 bits per heavy atom. The number of piperidine rings is 1. The molecule has 0 radical (unpaired) electrons. The van der Waals surface area contributed by atoms with E-state index in [1.54, 1.807) is 12.4 Å². The zero-order chi connectivity index (χ0) is 28.2. The summed E-state index contributed by atoms with van der Waals surface area (Å²) in [6, 6.07) is 1.98. The van der Waals surface area contributed by atoms with Gasteiger partial charge >= 0.3 is 0 Å². The first-order valence-electron chi connectivity index (χ1n) is 14.3. The van der Waals surface area contributed by atoms with Crippen LogP contribution < -0.4 is 21.3 Å². The fraction of sp³-hybridized carbons (Fsp3) is 0.552. The van der Waals surface area contributed by atoms with Gasteiger partial charge in [0.25, 0.3) is 11.8 Å². The molecule has 3 aliphatic rings. The number of rotatable bonds is 8. The predicted molar refractivity (Wildman–Crippen MR) is 153 cm³/mol. The number of anilines is 3. The number of aromatic nitrogens is 5. The average Bonchev–Trinajstić information content (AvgIpc) is 3.41. The van der Waals surface area contributed by atoms with Crippen molar-refractivity contribution in [3.63, 3.8) is 0 Å². The average molecular weight is 546 g/mol. The molecule has 4 N–H and O–H groups in total. The molecule has 0 unspecified atom stereocenters. The summed E-state index contributed by atoms with van der Waals surface area (Å²) in [5.41, 5.74) is 9.92. The summed E-state index contributed by atoms with van der Waals surface area (Å²) in [6.45, 7) is 8.29. The number of nitrogens with zero attached hydrogens (tertiary/aromatic N) is 6. The number of carbonyl (C=O) groups excluding carboxylic acids is 2. The standard InChI is InChI=1S/C29H39N9O2/c1-17-21(34-28(40)22-10-19-11-29(2,3)12-23(19)36(22)4)6-5-9-38(17)24-14-31-25(26(30)39)27(35-24)33-20-13-32-37(16-20)15-18-7-8-18/h10,13-14,16-18,21H,5-9,11-12,15H2,1-4H3,(H2,30,39)(H,33,35)(H,34,40)/t17-,21-/m1/s1. The smallest absolute Gasteiger partial charge is 0.271 e. The summed E-state index contributed by atoms with van der Waals surface area (Å²) < 4.78 is 3.97. The van der Waals surface area contributed by atoms with Crippen LogP contribution in [0.25, 0.3) is 0 Å². The van der Waals surface area contributed by atoms with Crippen LogP contribution in [0.15, 0.2) is 24.7 Å². The Morgan fingerprint density at radius 3 is 2.70 bits per heavy atom. The lowest BCUT2D eigenvalue weighted by Crippen LogP contribution is -2.54. The van der Waals surface area contributed by atoms with Crippen molar-refractivity contribution in [2.45, 2.75) is 77.9 Å². The number of amides is 2. The van der Waals surface area contributed by atoms with Crippen molar-refractivity contribution in [3.8, 4) is 0 Å². The van der Waals surface area contributed by atoms with Gasteiger partial charge in [-0.2, -0.15) is 5.10 Å². The highest BCUT2D eigenvalue weighted by molar-refractivity contribution is 5.96. The first-order chi connectivity index (χ1) is 19.1. The first kappa shape index (κ1) is 26.3. The summed E-state index contributed by atoms with van der Waals surface area (Å²) >= 11 is 0. The molecule has 2 atom stereocenters. The predicted octanol–water partition coefficient (Wildman–Crippen LogP) is 3.18. The van der Waals surface area contributed by atoms with Gasteiger partial charge in [0.15, 0.2) is 11.5 Å². The Hall–Kier alpha value is -3.89. The van der Waals surface area contributed by atoms with E-state index in [-0.39, 0.29) is 29.1 Å². The second kappa shape index (κ2) is 9.94. The van der Waals surface area contributed by atoms with Crippen LogP contribution in [0.2, 0.25) is 0 Å². The van der Waals surface area contributed by atoms with Gasteiger partial charge in [0.05, 0.1) is 18.1 Å². The van der Waals surface area contributed by atoms with Crippen LogP contribution in [0.1, 0.15) is 78.7 Å². The molecule has 4 heterocycles. The van der Waals surface area contributed by atoms with Crippen LogP contribution in [-0.4, -0.2) is 54.8 Å². The summed E-state index contributed by atoms with van der Waals surface area (Å²) in [6.07, 6.45) is 11.4. The van der Waals surface area contributed by atoms with E-state index in [0.29, 0.717) is 23.2 Å². The molecule has 1 saturated heterocycles. The molecule has 0 aromatic carbocycles. The number of nitrogens with one attached hydrogen (secondary N) is 2. The van der Waals surface area contributed by atoms with Crippen molar-refractivity contribution in [3.05, 3.63) is 47.3 Å². The lowest BCUT2D eigenvalue weighted by atomic mass is 9.90. The van der Waals surface area contributed by atoms with Gasteiger partial charge < -0.3 is 25.8 Å². The number of hydrogen-bond donors (Lipinski definition) is 3. The monoisotopic (exact) mass is 545 g/mol. The fourth-order valence-electron chi connectivity index (χ4n) is 6.26. The van der Waals surface area contributed by atoms with Crippen LogP contribution in [0.5, 0.6) is 0 Å². The second-order valence-corrected chi connectivity index (χ2v) is 12.5. The third kappa shape index (κ3) is 5.16. The van der Waals surface area contributed by atoms with E-state index in [9.17, 15) is 9.59 Å². The van der Waals surface area contributed by atoms with Gasteiger partial charge in [0.2, 0.25) is 0 Å². The molecule has 3 aromatic heterocycles. The molecule has 40 heavy (non-hydrogen) atoms. The Balaban J connectivity index is 1.18. The number of carbonyl (C=O) groups is 2. The minimum absolute atomic E-state index is 0.0216. The van der Waals surface area contributed by atoms with Crippen molar-refractivity contribution in [1.82, 2.24) is 29.6 Å².